The second-order valence-electron chi connectivity index (χ2n) is 11.7. The van der Waals surface area contributed by atoms with Crippen molar-refractivity contribution in [2.24, 2.45) is 17.2 Å². The van der Waals surface area contributed by atoms with Crippen LogP contribution in [0.25, 0.3) is 0 Å². The third-order valence-corrected chi connectivity index (χ3v) is 7.75. The van der Waals surface area contributed by atoms with E-state index in [1.807, 2.05) is 0 Å². The van der Waals surface area contributed by atoms with Crippen molar-refractivity contribution in [3.05, 3.63) is 96.1 Å². The lowest BCUT2D eigenvalue weighted by Crippen LogP contribution is -2.56. The maximum absolute atomic E-state index is 14.4. The third-order valence-electron chi connectivity index (χ3n) is 7.75. The maximum Gasteiger partial charge on any atom is 0.250 e. The molecule has 14 heteroatoms. The zero-order valence-corrected chi connectivity index (χ0v) is 27.8. The number of amides is 5. The minimum absolute atomic E-state index is 0.0528. The lowest BCUT2D eigenvalue weighted by Gasteiger charge is -2.34. The van der Waals surface area contributed by atoms with Gasteiger partial charge in [0.2, 0.25) is 23.6 Å². The molecule has 0 aliphatic rings. The number of nitrogens with one attached hydrogen (secondary N) is 3. The highest BCUT2D eigenvalue weighted by atomic mass is 16.3. The fourth-order valence-corrected chi connectivity index (χ4v) is 5.24. The van der Waals surface area contributed by atoms with Gasteiger partial charge < -0.3 is 43.2 Å². The van der Waals surface area contributed by atoms with E-state index in [-0.39, 0.29) is 25.0 Å². The molecule has 0 saturated heterocycles. The van der Waals surface area contributed by atoms with E-state index in [1.54, 1.807) is 72.8 Å². The SMILES string of the molecule is NCCCC[C@H](C(=O)CC(N)=O)N(C(=O)[C@H](Cc1ccccc1)NC(=O)CNC(=O)CNC(=O)[C@@H](N)Cc1ccc(O)cc1)c1ccccc1. The average molecular weight is 688 g/mol. The van der Waals surface area contributed by atoms with E-state index in [1.165, 1.54) is 17.0 Å². The van der Waals surface area contributed by atoms with Crippen LogP contribution in [0, 0.1) is 0 Å². The van der Waals surface area contributed by atoms with Crippen molar-refractivity contribution in [3.8, 4) is 5.75 Å². The molecule has 3 atom stereocenters. The minimum atomic E-state index is -1.18. The number of ketones is 1. The van der Waals surface area contributed by atoms with Gasteiger partial charge in [-0.2, -0.15) is 0 Å². The van der Waals surface area contributed by atoms with Crippen molar-refractivity contribution < 1.29 is 33.9 Å². The lowest BCUT2D eigenvalue weighted by molar-refractivity contribution is -0.131. The number of benzene rings is 3. The molecule has 3 aromatic rings. The van der Waals surface area contributed by atoms with Gasteiger partial charge in [0.25, 0.3) is 5.91 Å². The zero-order valence-electron chi connectivity index (χ0n) is 27.8. The van der Waals surface area contributed by atoms with Gasteiger partial charge in [-0.25, -0.2) is 0 Å². The molecule has 0 aliphatic carbocycles. The standard InChI is InChI=1S/C36H45N7O7/c37-18-8-7-13-30(31(45)21-32(39)46)43(26-11-5-2-6-12-26)36(50)29(20-24-9-3-1-4-10-24)42-34(48)23-40-33(47)22-41-35(49)28(38)19-25-14-16-27(44)17-15-25/h1-6,9-12,14-17,28-30,44H,7-8,13,18-23,37-38H2,(H2,39,46)(H,40,47)(H,41,49)(H,42,48)/t28-,29-,30+/m0/s1. The van der Waals surface area contributed by atoms with Crippen LogP contribution in [0.4, 0.5) is 5.69 Å². The highest BCUT2D eigenvalue weighted by Crippen LogP contribution is 2.24. The van der Waals surface area contributed by atoms with Crippen LogP contribution >= 0.6 is 0 Å². The van der Waals surface area contributed by atoms with Crippen LogP contribution in [-0.2, 0) is 41.6 Å². The molecular weight excluding hydrogens is 642 g/mol. The first-order valence-corrected chi connectivity index (χ1v) is 16.3. The molecule has 0 heterocycles. The van der Waals surface area contributed by atoms with Crippen molar-refractivity contribution in [1.82, 2.24) is 16.0 Å². The Morgan fingerprint density at radius 3 is 1.96 bits per heavy atom. The molecule has 266 valence electrons. The van der Waals surface area contributed by atoms with E-state index in [9.17, 15) is 33.9 Å². The topological polar surface area (TPSA) is 240 Å². The van der Waals surface area contributed by atoms with Crippen LogP contribution in [0.5, 0.6) is 5.75 Å². The highest BCUT2D eigenvalue weighted by Gasteiger charge is 2.36. The molecule has 0 saturated carbocycles. The number of Topliss-reactive ketones (excluding diaryl/α,β-unsaturated/α-hetero) is 1. The number of unbranched alkanes of at least 4 members (excludes halogenated alkanes) is 1. The van der Waals surface area contributed by atoms with Crippen molar-refractivity contribution in [3.63, 3.8) is 0 Å². The first kappa shape index (κ1) is 38.8. The fourth-order valence-electron chi connectivity index (χ4n) is 5.24. The number of nitrogens with two attached hydrogens (primary N) is 3. The van der Waals surface area contributed by atoms with E-state index < -0.39 is 73.0 Å². The Bertz CT molecular complexity index is 1590. The molecule has 0 bridgehead atoms. The van der Waals surface area contributed by atoms with Crippen LogP contribution in [0.3, 0.4) is 0 Å². The number of aromatic hydroxyl groups is 1. The number of phenols is 1. The smallest absolute Gasteiger partial charge is 0.250 e. The number of anilines is 1. The molecule has 0 aliphatic heterocycles. The van der Waals surface area contributed by atoms with E-state index >= 15 is 0 Å². The monoisotopic (exact) mass is 687 g/mol. The summed E-state index contributed by atoms with van der Waals surface area (Å²) in [5.41, 5.74) is 18.8. The van der Waals surface area contributed by atoms with E-state index in [4.69, 9.17) is 17.2 Å². The van der Waals surface area contributed by atoms with Crippen molar-refractivity contribution in [2.45, 2.75) is 56.7 Å². The summed E-state index contributed by atoms with van der Waals surface area (Å²) in [4.78, 5) is 79.0. The second kappa shape index (κ2) is 20.0. The van der Waals surface area contributed by atoms with E-state index in [2.05, 4.69) is 16.0 Å². The van der Waals surface area contributed by atoms with Gasteiger partial charge in [-0.15, -0.1) is 0 Å². The predicted molar refractivity (Wildman–Crippen MR) is 187 cm³/mol. The molecular formula is C36H45N7O7. The number of carbonyl (C=O) groups excluding carboxylic acids is 6. The summed E-state index contributed by atoms with van der Waals surface area (Å²) in [5.74, 6) is -3.86. The third kappa shape index (κ3) is 12.8. The Balaban J connectivity index is 1.74. The molecule has 5 amide bonds. The van der Waals surface area contributed by atoms with Gasteiger partial charge in [-0.3, -0.25) is 28.8 Å². The zero-order chi connectivity index (χ0) is 36.5. The van der Waals surface area contributed by atoms with Gasteiger partial charge in [0.1, 0.15) is 11.8 Å². The van der Waals surface area contributed by atoms with Gasteiger partial charge in [0.05, 0.1) is 31.6 Å². The largest absolute Gasteiger partial charge is 0.508 e. The molecule has 3 aromatic carbocycles. The van der Waals surface area contributed by atoms with Gasteiger partial charge in [-0.1, -0.05) is 60.7 Å². The van der Waals surface area contributed by atoms with E-state index in [0.717, 1.165) is 11.1 Å². The first-order valence-electron chi connectivity index (χ1n) is 16.3. The number of hydrogen-bond acceptors (Lipinski definition) is 9. The molecule has 14 nitrogen and oxygen atoms in total. The fraction of sp³-hybridized carbons (Fsp3) is 0.333. The van der Waals surface area contributed by atoms with Gasteiger partial charge in [0, 0.05) is 12.1 Å². The minimum Gasteiger partial charge on any atom is -0.508 e. The molecule has 0 radical (unpaired) electrons. The molecule has 0 spiro atoms. The summed E-state index contributed by atoms with van der Waals surface area (Å²) in [5, 5.41) is 17.0. The van der Waals surface area contributed by atoms with Crippen molar-refractivity contribution >= 4 is 41.0 Å². The Morgan fingerprint density at radius 2 is 1.34 bits per heavy atom. The molecule has 50 heavy (non-hydrogen) atoms. The number of rotatable bonds is 20. The lowest BCUT2D eigenvalue weighted by atomic mass is 9.97. The molecule has 10 N–H and O–H groups in total. The number of para-hydroxylation sites is 1. The predicted octanol–water partition coefficient (Wildman–Crippen LogP) is 0.197. The molecule has 0 fully saturated rings. The van der Waals surface area contributed by atoms with Crippen molar-refractivity contribution in [2.75, 3.05) is 24.5 Å². The van der Waals surface area contributed by atoms with Crippen LogP contribution < -0.4 is 38.1 Å². The quantitative estimate of drug-likeness (QED) is 0.0633. The Hall–Kier alpha value is -5.60. The summed E-state index contributed by atoms with van der Waals surface area (Å²) >= 11 is 0. The van der Waals surface area contributed by atoms with Crippen LogP contribution in [-0.4, -0.2) is 78.2 Å². The van der Waals surface area contributed by atoms with Gasteiger partial charge >= 0.3 is 0 Å². The molecule has 3 rings (SSSR count). The maximum atomic E-state index is 14.4. The van der Waals surface area contributed by atoms with Crippen LogP contribution in [0.1, 0.15) is 36.8 Å². The number of phenolic OH excluding ortho intramolecular Hbond substituents is 1. The second-order valence-corrected chi connectivity index (χ2v) is 11.7. The number of carbonyl (C=O) groups is 6. The molecule has 0 aromatic heterocycles. The van der Waals surface area contributed by atoms with Gasteiger partial charge in [0.15, 0.2) is 5.78 Å². The van der Waals surface area contributed by atoms with Gasteiger partial charge in [-0.05, 0) is 67.6 Å². The Kier molecular flexibility index (Phi) is 15.6. The summed E-state index contributed by atoms with van der Waals surface area (Å²) in [6.45, 7) is -0.598. The first-order chi connectivity index (χ1) is 24.0. The van der Waals surface area contributed by atoms with Crippen molar-refractivity contribution in [1.29, 1.82) is 0 Å². The van der Waals surface area contributed by atoms with Crippen LogP contribution in [0.15, 0.2) is 84.9 Å². The molecule has 0 unspecified atom stereocenters. The van der Waals surface area contributed by atoms with E-state index in [0.29, 0.717) is 25.1 Å². The number of hydrogen-bond donors (Lipinski definition) is 7. The summed E-state index contributed by atoms with van der Waals surface area (Å²) in [6.07, 6.45) is 0.917. The summed E-state index contributed by atoms with van der Waals surface area (Å²) < 4.78 is 0. The Labute approximate surface area is 290 Å². The number of primary amides is 1. The normalized spacial score (nSPS) is 12.5. The van der Waals surface area contributed by atoms with Crippen LogP contribution in [0.2, 0.25) is 0 Å². The summed E-state index contributed by atoms with van der Waals surface area (Å²) in [7, 11) is 0. The average Bonchev–Trinajstić information content (AvgIpc) is 3.10. The Morgan fingerprint density at radius 1 is 0.740 bits per heavy atom. The number of nitrogens with zero attached hydrogens (tertiary/aromatic N) is 1. The highest BCUT2D eigenvalue weighted by molar-refractivity contribution is 6.08. The summed E-state index contributed by atoms with van der Waals surface area (Å²) in [6, 6.07) is 20.4.